The Bertz CT molecular complexity index is 822. The molecule has 0 heterocycles. The van der Waals surface area contributed by atoms with Crippen molar-refractivity contribution in [2.45, 2.75) is 186 Å². The molecule has 3 N–H and O–H groups in total. The number of hydrogen-bond acceptors (Lipinski definition) is 5. The van der Waals surface area contributed by atoms with Gasteiger partial charge in [-0.25, -0.2) is 0 Å². The van der Waals surface area contributed by atoms with Crippen LogP contribution in [-0.4, -0.2) is 46.0 Å². The van der Waals surface area contributed by atoms with E-state index in [1.165, 1.54) is 96.3 Å². The minimum atomic E-state index is -1.72. The first-order chi connectivity index (χ1) is 22.0. The molecule has 0 aromatic heterocycles. The van der Waals surface area contributed by atoms with Crippen LogP contribution in [-0.2, 0) is 4.79 Å². The second kappa shape index (κ2) is 28.5. The number of carbonyl (C=O) groups excluding carboxylic acids is 1. The van der Waals surface area contributed by atoms with Crippen molar-refractivity contribution in [2.24, 2.45) is 0 Å². The topological polar surface area (TPSA) is 87.0 Å². The predicted octanol–water partition coefficient (Wildman–Crippen LogP) is 10.5. The molecule has 2 atom stereocenters. The van der Waals surface area contributed by atoms with Crippen molar-refractivity contribution in [3.05, 3.63) is 36.4 Å². The normalized spacial score (nSPS) is 13.4. The first-order valence-corrected chi connectivity index (χ1v) is 18.9. The van der Waals surface area contributed by atoms with Crippen molar-refractivity contribution in [3.63, 3.8) is 0 Å². The van der Waals surface area contributed by atoms with E-state index in [4.69, 9.17) is 4.74 Å². The third kappa shape index (κ3) is 21.7. The highest BCUT2D eigenvalue weighted by molar-refractivity contribution is 5.84. The van der Waals surface area contributed by atoms with Crippen molar-refractivity contribution in [3.8, 4) is 5.75 Å². The van der Waals surface area contributed by atoms with Gasteiger partial charge in [0.15, 0.2) is 5.78 Å². The van der Waals surface area contributed by atoms with Gasteiger partial charge in [0.1, 0.15) is 17.5 Å². The Balaban J connectivity index is 1.97. The fourth-order valence-electron chi connectivity index (χ4n) is 6.07. The average Bonchev–Trinajstić information content (AvgIpc) is 3.06. The van der Waals surface area contributed by atoms with E-state index in [0.29, 0.717) is 6.42 Å². The minimum Gasteiger partial charge on any atom is -0.494 e. The van der Waals surface area contributed by atoms with Gasteiger partial charge in [0, 0.05) is 6.42 Å². The lowest BCUT2D eigenvalue weighted by Crippen LogP contribution is -2.50. The van der Waals surface area contributed by atoms with Crippen molar-refractivity contribution in [2.75, 3.05) is 13.2 Å². The molecule has 1 rings (SSSR count). The number of ketones is 1. The molecular formula is C40H70O5. The van der Waals surface area contributed by atoms with Crippen molar-refractivity contribution >= 4 is 11.9 Å². The second-order valence-corrected chi connectivity index (χ2v) is 13.4. The van der Waals surface area contributed by atoms with Crippen LogP contribution < -0.4 is 4.74 Å². The lowest BCUT2D eigenvalue weighted by atomic mass is 9.87. The van der Waals surface area contributed by atoms with E-state index in [0.717, 1.165) is 69.3 Å². The van der Waals surface area contributed by atoms with Gasteiger partial charge in [-0.2, -0.15) is 0 Å². The van der Waals surface area contributed by atoms with E-state index < -0.39 is 18.3 Å². The van der Waals surface area contributed by atoms with Crippen LogP contribution in [0.4, 0.5) is 0 Å². The predicted molar refractivity (Wildman–Crippen MR) is 191 cm³/mol. The van der Waals surface area contributed by atoms with Crippen LogP contribution >= 0.6 is 0 Å². The molecule has 0 radical (unpaired) electrons. The molecule has 0 bridgehead atoms. The molecule has 2 unspecified atom stereocenters. The van der Waals surface area contributed by atoms with Crippen LogP contribution in [0.1, 0.15) is 179 Å². The van der Waals surface area contributed by atoms with Crippen molar-refractivity contribution in [1.29, 1.82) is 0 Å². The zero-order valence-corrected chi connectivity index (χ0v) is 29.1. The Morgan fingerprint density at radius 1 is 0.711 bits per heavy atom. The van der Waals surface area contributed by atoms with Gasteiger partial charge in [-0.05, 0) is 37.0 Å². The number of rotatable bonds is 33. The SMILES string of the molecule is C=Cc1ccc(OCCCCCCCCCCC(=O)C(O)C(O)(CO)CCCCCCCCCCCCCCCCCC)cc1. The number of Topliss-reactive ketones (excluding diaryl/α,β-unsaturated/α-hetero) is 1. The van der Waals surface area contributed by atoms with E-state index in [1.54, 1.807) is 0 Å². The number of benzene rings is 1. The van der Waals surface area contributed by atoms with Gasteiger partial charge < -0.3 is 20.1 Å². The summed E-state index contributed by atoms with van der Waals surface area (Å²) >= 11 is 0. The molecule has 0 spiro atoms. The summed E-state index contributed by atoms with van der Waals surface area (Å²) in [6, 6.07) is 7.97. The van der Waals surface area contributed by atoms with Crippen LogP contribution in [0.15, 0.2) is 30.8 Å². The molecule has 1 aromatic carbocycles. The standard InChI is InChI=1S/C40H70O5/c1-3-5-6-7-8-9-10-11-12-13-14-15-17-20-23-26-33-40(44,35-41)39(43)38(42)28-25-22-19-16-18-21-24-27-34-45-37-31-29-36(4-2)30-32-37/h4,29-32,39,41,43-44H,2-3,5-28,33-35H2,1H3. The summed E-state index contributed by atoms with van der Waals surface area (Å²) in [7, 11) is 0. The van der Waals surface area contributed by atoms with E-state index in [1.807, 2.05) is 30.3 Å². The molecule has 1 aromatic rings. The summed E-state index contributed by atoms with van der Waals surface area (Å²) in [6.07, 6.45) is 29.6. The maximum Gasteiger partial charge on any atom is 0.164 e. The fraction of sp³-hybridized carbons (Fsp3) is 0.775. The molecule has 45 heavy (non-hydrogen) atoms. The highest BCUT2D eigenvalue weighted by atomic mass is 16.5. The largest absolute Gasteiger partial charge is 0.494 e. The third-order valence-electron chi connectivity index (χ3n) is 9.25. The van der Waals surface area contributed by atoms with Gasteiger partial charge in [0.25, 0.3) is 0 Å². The molecule has 0 aliphatic heterocycles. The summed E-state index contributed by atoms with van der Waals surface area (Å²) in [4.78, 5) is 12.6. The Morgan fingerprint density at radius 3 is 1.58 bits per heavy atom. The van der Waals surface area contributed by atoms with E-state index >= 15 is 0 Å². The molecule has 0 saturated heterocycles. The summed E-state index contributed by atoms with van der Waals surface area (Å²) in [5.41, 5.74) is -0.624. The smallest absolute Gasteiger partial charge is 0.164 e. The Hall–Kier alpha value is -1.69. The minimum absolute atomic E-state index is 0.257. The lowest BCUT2D eigenvalue weighted by molar-refractivity contribution is -0.151. The monoisotopic (exact) mass is 631 g/mol. The zero-order valence-electron chi connectivity index (χ0n) is 29.1. The van der Waals surface area contributed by atoms with E-state index in [-0.39, 0.29) is 18.6 Å². The first-order valence-electron chi connectivity index (χ1n) is 18.9. The molecule has 5 heteroatoms. The number of aliphatic hydroxyl groups excluding tert-OH is 2. The Labute approximate surface area is 277 Å². The van der Waals surface area contributed by atoms with Gasteiger partial charge in [0.05, 0.1) is 13.2 Å². The van der Waals surface area contributed by atoms with Gasteiger partial charge in [-0.3, -0.25) is 4.79 Å². The van der Waals surface area contributed by atoms with Crippen LogP contribution in [0.5, 0.6) is 5.75 Å². The van der Waals surface area contributed by atoms with Gasteiger partial charge in [-0.1, -0.05) is 173 Å². The molecule has 5 nitrogen and oxygen atoms in total. The van der Waals surface area contributed by atoms with Gasteiger partial charge in [0.2, 0.25) is 0 Å². The molecule has 260 valence electrons. The molecule has 0 amide bonds. The van der Waals surface area contributed by atoms with Crippen molar-refractivity contribution < 1.29 is 24.9 Å². The number of aliphatic hydroxyl groups is 3. The van der Waals surface area contributed by atoms with Crippen LogP contribution in [0.25, 0.3) is 6.08 Å². The highest BCUT2D eigenvalue weighted by Gasteiger charge is 2.38. The zero-order chi connectivity index (χ0) is 32.9. The summed E-state index contributed by atoms with van der Waals surface area (Å²) in [5.74, 6) is 0.556. The van der Waals surface area contributed by atoms with Gasteiger partial charge in [-0.15, -0.1) is 0 Å². The molecule has 0 aliphatic carbocycles. The molecular weight excluding hydrogens is 560 g/mol. The number of hydrogen-bond donors (Lipinski definition) is 3. The lowest BCUT2D eigenvalue weighted by Gasteiger charge is -2.30. The van der Waals surface area contributed by atoms with E-state index in [2.05, 4.69) is 13.5 Å². The third-order valence-corrected chi connectivity index (χ3v) is 9.25. The summed E-state index contributed by atoms with van der Waals surface area (Å²) in [6.45, 7) is 6.19. The maximum absolute atomic E-state index is 12.6. The van der Waals surface area contributed by atoms with Crippen LogP contribution in [0.2, 0.25) is 0 Å². The maximum atomic E-state index is 12.6. The molecule has 0 saturated carbocycles. The summed E-state index contributed by atoms with van der Waals surface area (Å²) in [5, 5.41) is 31.1. The van der Waals surface area contributed by atoms with E-state index in [9.17, 15) is 20.1 Å². The fourth-order valence-corrected chi connectivity index (χ4v) is 6.07. The van der Waals surface area contributed by atoms with Crippen LogP contribution in [0, 0.1) is 0 Å². The number of carbonyl (C=O) groups is 1. The summed E-state index contributed by atoms with van der Waals surface area (Å²) < 4.78 is 5.79. The van der Waals surface area contributed by atoms with Crippen molar-refractivity contribution in [1.82, 2.24) is 0 Å². The second-order valence-electron chi connectivity index (χ2n) is 13.4. The van der Waals surface area contributed by atoms with Crippen LogP contribution in [0.3, 0.4) is 0 Å². The molecule has 0 aliphatic rings. The molecule has 0 fully saturated rings. The quantitative estimate of drug-likeness (QED) is 0.0673. The Morgan fingerprint density at radius 2 is 1.13 bits per heavy atom. The Kier molecular flexibility index (Phi) is 26.2. The average molecular weight is 631 g/mol. The number of ether oxygens (including phenoxy) is 1. The number of unbranched alkanes of at least 4 members (excludes halogenated alkanes) is 22. The first kappa shape index (κ1) is 41.3. The highest BCUT2D eigenvalue weighted by Crippen LogP contribution is 2.23. The van der Waals surface area contributed by atoms with Gasteiger partial charge >= 0.3 is 0 Å².